The molecule has 0 atom stereocenters. The first-order valence-corrected chi connectivity index (χ1v) is 5.29. The highest BCUT2D eigenvalue weighted by atomic mass is 31.1. The molecule has 0 radical (unpaired) electrons. The third kappa shape index (κ3) is 22.6. The molecule has 0 aromatic carbocycles. The first-order valence-electron chi connectivity index (χ1n) is 4.13. The summed E-state index contributed by atoms with van der Waals surface area (Å²) in [6, 6.07) is 0. The molecule has 0 fully saturated rings. The number of aliphatic hydroxyl groups is 2. The molecule has 84 valence electrons. The molecule has 0 aromatic rings. The molecule has 0 spiro atoms. The van der Waals surface area contributed by atoms with Crippen molar-refractivity contribution in [1.82, 2.24) is 0 Å². The second-order valence-corrected chi connectivity index (χ2v) is 3.02. The van der Waals surface area contributed by atoms with Crippen LogP contribution in [0.2, 0.25) is 0 Å². The summed E-state index contributed by atoms with van der Waals surface area (Å²) in [4.78, 5) is 24.9. The van der Waals surface area contributed by atoms with Gasteiger partial charge in [-0.1, -0.05) is 6.92 Å². The van der Waals surface area contributed by atoms with Crippen LogP contribution >= 0.6 is 8.25 Å². The fourth-order valence-corrected chi connectivity index (χ4v) is 0.659. The van der Waals surface area contributed by atoms with Gasteiger partial charge in [-0.2, -0.15) is 0 Å². The fourth-order valence-electron chi connectivity index (χ4n) is 0.659. The van der Waals surface area contributed by atoms with Gasteiger partial charge in [0.05, 0.1) is 0 Å². The molecule has 0 bridgehead atoms. The first kappa shape index (κ1) is 16.1. The number of rotatable bonds is 5. The molecule has 0 heterocycles. The van der Waals surface area contributed by atoms with Gasteiger partial charge in [0, 0.05) is 17.4 Å². The minimum absolute atomic E-state index is 0.181. The molecule has 0 saturated carbocycles. The molecule has 0 rings (SSSR count). The molecule has 7 heteroatoms. The SMILES string of the molecule is CCC(=O)CCCC(O)O.O=[P+](O)O. The van der Waals surface area contributed by atoms with Gasteiger partial charge in [0.25, 0.3) is 0 Å². The van der Waals surface area contributed by atoms with Gasteiger partial charge in [0.15, 0.2) is 6.29 Å². The van der Waals surface area contributed by atoms with Gasteiger partial charge in [0.1, 0.15) is 5.78 Å². The topological polar surface area (TPSA) is 115 Å². The Morgan fingerprint density at radius 3 is 2.07 bits per heavy atom. The summed E-state index contributed by atoms with van der Waals surface area (Å²) in [7, 11) is -2.87. The Bertz CT molecular complexity index is 166. The van der Waals surface area contributed by atoms with Crippen molar-refractivity contribution in [2.75, 3.05) is 0 Å². The van der Waals surface area contributed by atoms with E-state index in [1.165, 1.54) is 0 Å². The lowest BCUT2D eigenvalue weighted by Crippen LogP contribution is -2.05. The van der Waals surface area contributed by atoms with Crippen molar-refractivity contribution in [3.8, 4) is 0 Å². The molecule has 0 aliphatic carbocycles. The molecule has 0 unspecified atom stereocenters. The second-order valence-electron chi connectivity index (χ2n) is 2.52. The molecular weight excluding hydrogens is 211 g/mol. The van der Waals surface area contributed by atoms with Crippen LogP contribution in [0, 0.1) is 0 Å². The normalized spacial score (nSPS) is 9.29. The number of hydrogen-bond acceptors (Lipinski definition) is 4. The number of carbonyl (C=O) groups excluding carboxylic acids is 1. The van der Waals surface area contributed by atoms with Crippen molar-refractivity contribution < 1.29 is 29.4 Å². The van der Waals surface area contributed by atoms with E-state index in [0.717, 1.165) is 0 Å². The molecule has 14 heavy (non-hydrogen) atoms. The Kier molecular flexibility index (Phi) is 12.3. The molecule has 4 N–H and O–H groups in total. The van der Waals surface area contributed by atoms with Crippen LogP contribution in [-0.2, 0) is 9.36 Å². The van der Waals surface area contributed by atoms with E-state index in [9.17, 15) is 4.79 Å². The van der Waals surface area contributed by atoms with Crippen LogP contribution < -0.4 is 0 Å². The lowest BCUT2D eigenvalue weighted by Gasteiger charge is -2.00. The monoisotopic (exact) mass is 227 g/mol. The smallest absolute Gasteiger partial charge is 0.368 e. The van der Waals surface area contributed by atoms with E-state index in [1.54, 1.807) is 6.92 Å². The van der Waals surface area contributed by atoms with E-state index in [-0.39, 0.29) is 5.78 Å². The van der Waals surface area contributed by atoms with Gasteiger partial charge in [-0.15, -0.1) is 9.79 Å². The summed E-state index contributed by atoms with van der Waals surface area (Å²) in [5, 5.41) is 16.8. The average molecular weight is 227 g/mol. The Hall–Kier alpha value is -0.390. The first-order chi connectivity index (χ1) is 6.40. The number of Topliss-reactive ketones (excluding diaryl/α,β-unsaturated/α-hetero) is 1. The van der Waals surface area contributed by atoms with Gasteiger partial charge in [-0.05, 0) is 12.8 Å². The van der Waals surface area contributed by atoms with E-state index in [1.807, 2.05) is 0 Å². The minimum atomic E-state index is -2.87. The van der Waals surface area contributed by atoms with Gasteiger partial charge >= 0.3 is 8.25 Å². The summed E-state index contributed by atoms with van der Waals surface area (Å²) in [5.74, 6) is 0.181. The lowest BCUT2D eigenvalue weighted by molar-refractivity contribution is -0.119. The van der Waals surface area contributed by atoms with Crippen LogP contribution in [0.4, 0.5) is 0 Å². The van der Waals surface area contributed by atoms with Crippen molar-refractivity contribution in [3.05, 3.63) is 0 Å². The van der Waals surface area contributed by atoms with Crippen LogP contribution in [0.25, 0.3) is 0 Å². The van der Waals surface area contributed by atoms with Crippen LogP contribution in [0.5, 0.6) is 0 Å². The van der Waals surface area contributed by atoms with Gasteiger partial charge < -0.3 is 10.2 Å². The van der Waals surface area contributed by atoms with Crippen molar-refractivity contribution in [1.29, 1.82) is 0 Å². The van der Waals surface area contributed by atoms with Crippen LogP contribution in [0.3, 0.4) is 0 Å². The van der Waals surface area contributed by atoms with Crippen LogP contribution in [0.1, 0.15) is 32.6 Å². The predicted octanol–water partition coefficient (Wildman–Crippen LogP) is 0.0749. The molecule has 0 saturated heterocycles. The second kappa shape index (κ2) is 10.7. The third-order valence-electron chi connectivity index (χ3n) is 1.31. The molecule has 0 amide bonds. The number of aliphatic hydroxyl groups excluding tert-OH is 1. The van der Waals surface area contributed by atoms with E-state index < -0.39 is 14.5 Å². The van der Waals surface area contributed by atoms with Crippen LogP contribution in [-0.4, -0.2) is 32.1 Å². The van der Waals surface area contributed by atoms with Gasteiger partial charge in [-0.25, -0.2) is 0 Å². The summed E-state index contributed by atoms with van der Waals surface area (Å²) in [6.45, 7) is 1.80. The Morgan fingerprint density at radius 2 is 1.79 bits per heavy atom. The average Bonchev–Trinajstić information content (AvgIpc) is 2.02. The largest absolute Gasteiger partial charge is 0.692 e. The fraction of sp³-hybridized carbons (Fsp3) is 0.857. The summed E-state index contributed by atoms with van der Waals surface area (Å²) >= 11 is 0. The van der Waals surface area contributed by atoms with Gasteiger partial charge in [0.2, 0.25) is 0 Å². The Morgan fingerprint density at radius 1 is 1.36 bits per heavy atom. The molecule has 0 aliphatic rings. The van der Waals surface area contributed by atoms with Crippen molar-refractivity contribution >= 4 is 14.0 Å². The zero-order valence-corrected chi connectivity index (χ0v) is 8.85. The molecule has 0 aliphatic heterocycles. The Labute approximate surface area is 83.2 Å². The highest BCUT2D eigenvalue weighted by Gasteiger charge is 2.00. The number of ketones is 1. The maximum Gasteiger partial charge on any atom is 0.692 e. The number of hydrogen-bond donors (Lipinski definition) is 4. The van der Waals surface area contributed by atoms with Crippen molar-refractivity contribution in [2.45, 2.75) is 38.9 Å². The van der Waals surface area contributed by atoms with E-state index >= 15 is 0 Å². The summed E-state index contributed by atoms with van der Waals surface area (Å²) < 4.78 is 8.70. The minimum Gasteiger partial charge on any atom is -0.368 e. The van der Waals surface area contributed by atoms with Gasteiger partial charge in [-0.3, -0.25) is 4.79 Å². The third-order valence-corrected chi connectivity index (χ3v) is 1.31. The quantitative estimate of drug-likeness (QED) is 0.390. The highest BCUT2D eigenvalue weighted by molar-refractivity contribution is 7.30. The van der Waals surface area contributed by atoms with Crippen molar-refractivity contribution in [2.24, 2.45) is 0 Å². The zero-order chi connectivity index (χ0) is 11.6. The summed E-state index contributed by atoms with van der Waals surface area (Å²) in [6.07, 6.45) is 0.621. The van der Waals surface area contributed by atoms with E-state index in [2.05, 4.69) is 0 Å². The molecule has 6 nitrogen and oxygen atoms in total. The predicted molar refractivity (Wildman–Crippen MR) is 49.4 cm³/mol. The van der Waals surface area contributed by atoms with E-state index in [0.29, 0.717) is 25.7 Å². The maximum atomic E-state index is 10.6. The Balaban J connectivity index is 0. The highest BCUT2D eigenvalue weighted by Crippen LogP contribution is 2.00. The standard InChI is InChI=1S/C7H14O3.HO3P/c1-2-6(8)4-3-5-7(9)10;1-4(2)3/h7,9-10H,2-5H2,1H3;(H-,1,2,3)/p+1. The zero-order valence-electron chi connectivity index (χ0n) is 7.96. The van der Waals surface area contributed by atoms with E-state index in [4.69, 9.17) is 24.6 Å². The number of carbonyl (C=O) groups is 1. The summed E-state index contributed by atoms with van der Waals surface area (Å²) in [5.41, 5.74) is 0. The van der Waals surface area contributed by atoms with Crippen LogP contribution in [0.15, 0.2) is 0 Å². The molecule has 0 aromatic heterocycles. The lowest BCUT2D eigenvalue weighted by atomic mass is 10.1. The van der Waals surface area contributed by atoms with Crippen molar-refractivity contribution in [3.63, 3.8) is 0 Å². The molecular formula is C7H16O6P+. The maximum absolute atomic E-state index is 10.6.